The molecule has 0 fully saturated rings. The smallest absolute Gasteiger partial charge is 0.303 e. The molecule has 0 aliphatic carbocycles. The highest BCUT2D eigenvalue weighted by Crippen LogP contribution is 2.04. The fourth-order valence-corrected chi connectivity index (χ4v) is 0.812. The Labute approximate surface area is 75.4 Å². The fourth-order valence-electron chi connectivity index (χ4n) is 0.812. The summed E-state index contributed by atoms with van der Waals surface area (Å²) in [5.74, 6) is -0.406. The molecule has 1 aromatic heterocycles. The van der Waals surface area contributed by atoms with Gasteiger partial charge in [0.2, 0.25) is 5.88 Å². The van der Waals surface area contributed by atoms with Gasteiger partial charge in [0.15, 0.2) is 0 Å². The molecule has 0 amide bonds. The van der Waals surface area contributed by atoms with Gasteiger partial charge in [0, 0.05) is 6.42 Å². The van der Waals surface area contributed by atoms with Crippen molar-refractivity contribution < 1.29 is 14.6 Å². The molecule has 5 heteroatoms. The number of carboxylic acids is 1. The van der Waals surface area contributed by atoms with E-state index in [1.807, 2.05) is 0 Å². The molecule has 1 N–H and O–H groups in total. The van der Waals surface area contributed by atoms with E-state index in [0.29, 0.717) is 18.0 Å². The Balaban J connectivity index is 2.54. The maximum atomic E-state index is 10.2. The van der Waals surface area contributed by atoms with Crippen molar-refractivity contribution in [2.45, 2.75) is 12.8 Å². The molecule has 0 bridgehead atoms. The van der Waals surface area contributed by atoms with Gasteiger partial charge in [-0.25, -0.2) is 4.98 Å². The van der Waals surface area contributed by atoms with Crippen molar-refractivity contribution >= 4 is 5.97 Å². The average Bonchev–Trinajstić information content (AvgIpc) is 2.15. The van der Waals surface area contributed by atoms with Crippen LogP contribution < -0.4 is 4.74 Å². The molecule has 70 valence electrons. The van der Waals surface area contributed by atoms with Gasteiger partial charge in [-0.1, -0.05) is 0 Å². The highest BCUT2D eigenvalue weighted by molar-refractivity contribution is 5.66. The van der Waals surface area contributed by atoms with Gasteiger partial charge in [0.1, 0.15) is 0 Å². The van der Waals surface area contributed by atoms with Gasteiger partial charge < -0.3 is 9.84 Å². The third-order valence-electron chi connectivity index (χ3n) is 1.49. The molecule has 0 spiro atoms. The predicted molar refractivity (Wildman–Crippen MR) is 44.5 cm³/mol. The topological polar surface area (TPSA) is 72.3 Å². The minimum absolute atomic E-state index is 0.0704. The van der Waals surface area contributed by atoms with Crippen molar-refractivity contribution in [2.24, 2.45) is 0 Å². The number of ether oxygens (including phenoxy) is 1. The maximum absolute atomic E-state index is 10.2. The lowest BCUT2D eigenvalue weighted by Crippen LogP contribution is -2.00. The number of hydrogen-bond donors (Lipinski definition) is 1. The molecule has 1 heterocycles. The van der Waals surface area contributed by atoms with E-state index < -0.39 is 5.97 Å². The lowest BCUT2D eigenvalue weighted by atomic mass is 10.2. The first-order valence-electron chi connectivity index (χ1n) is 3.79. The van der Waals surface area contributed by atoms with Crippen LogP contribution in [0.5, 0.6) is 5.88 Å². The van der Waals surface area contributed by atoms with Crippen molar-refractivity contribution in [3.63, 3.8) is 0 Å². The van der Waals surface area contributed by atoms with E-state index in [-0.39, 0.29) is 6.42 Å². The Morgan fingerprint density at radius 3 is 2.77 bits per heavy atom. The van der Waals surface area contributed by atoms with Crippen LogP contribution in [-0.2, 0) is 11.2 Å². The summed E-state index contributed by atoms with van der Waals surface area (Å²) < 4.78 is 4.80. The van der Waals surface area contributed by atoms with Crippen LogP contribution in [0.1, 0.15) is 12.1 Å². The second kappa shape index (κ2) is 4.39. The van der Waals surface area contributed by atoms with E-state index >= 15 is 0 Å². The molecule has 0 aliphatic rings. The minimum atomic E-state index is -0.836. The maximum Gasteiger partial charge on any atom is 0.303 e. The van der Waals surface area contributed by atoms with E-state index in [1.54, 1.807) is 0 Å². The van der Waals surface area contributed by atoms with Gasteiger partial charge in [-0.05, 0) is 0 Å². The first-order valence-corrected chi connectivity index (χ1v) is 3.79. The van der Waals surface area contributed by atoms with Crippen molar-refractivity contribution in [3.8, 4) is 5.88 Å². The lowest BCUT2D eigenvalue weighted by molar-refractivity contribution is -0.136. The van der Waals surface area contributed by atoms with E-state index in [4.69, 9.17) is 9.84 Å². The Bertz CT molecular complexity index is 284. The molecule has 0 aliphatic heterocycles. The van der Waals surface area contributed by atoms with Gasteiger partial charge in [-0.15, -0.1) is 0 Å². The summed E-state index contributed by atoms with van der Waals surface area (Å²) in [6, 6.07) is 0. The summed E-state index contributed by atoms with van der Waals surface area (Å²) in [4.78, 5) is 18.1. The van der Waals surface area contributed by atoms with Crippen molar-refractivity contribution in [3.05, 3.63) is 18.1 Å². The summed E-state index contributed by atoms with van der Waals surface area (Å²) in [7, 11) is 1.50. The number of rotatable bonds is 4. The molecule has 5 nitrogen and oxygen atoms in total. The molecule has 1 aromatic rings. The summed E-state index contributed by atoms with van der Waals surface area (Å²) in [5.41, 5.74) is 0.656. The number of aryl methyl sites for hydroxylation is 1. The second-order valence-corrected chi connectivity index (χ2v) is 2.44. The molecule has 13 heavy (non-hydrogen) atoms. The number of hydrogen-bond acceptors (Lipinski definition) is 4. The number of carbonyl (C=O) groups is 1. The highest BCUT2D eigenvalue weighted by Gasteiger charge is 2.00. The minimum Gasteiger partial charge on any atom is -0.481 e. The fraction of sp³-hybridized carbons (Fsp3) is 0.375. The van der Waals surface area contributed by atoms with Crippen LogP contribution >= 0.6 is 0 Å². The summed E-state index contributed by atoms with van der Waals surface area (Å²) in [6.07, 6.45) is 3.45. The first-order chi connectivity index (χ1) is 6.22. The zero-order valence-electron chi connectivity index (χ0n) is 7.23. The Morgan fingerprint density at radius 1 is 1.54 bits per heavy atom. The molecule has 1 rings (SSSR count). The third-order valence-corrected chi connectivity index (χ3v) is 1.49. The number of aromatic nitrogens is 2. The van der Waals surface area contributed by atoms with Crippen LogP contribution in [0.2, 0.25) is 0 Å². The number of carboxylic acid groups (broad SMARTS) is 1. The summed E-state index contributed by atoms with van der Waals surface area (Å²) in [6.45, 7) is 0. The van der Waals surface area contributed by atoms with Crippen molar-refractivity contribution in [2.75, 3.05) is 7.11 Å². The van der Waals surface area contributed by atoms with Crippen LogP contribution in [0.15, 0.2) is 12.4 Å². The van der Waals surface area contributed by atoms with Gasteiger partial charge >= 0.3 is 5.97 Å². The molecule has 0 saturated carbocycles. The molecule has 0 saturated heterocycles. The van der Waals surface area contributed by atoms with Crippen LogP contribution in [0.4, 0.5) is 0 Å². The van der Waals surface area contributed by atoms with E-state index in [2.05, 4.69) is 9.97 Å². The monoisotopic (exact) mass is 182 g/mol. The standard InChI is InChI=1S/C8H10N2O3/c1-13-7-5-9-6(4-10-7)2-3-8(11)12/h4-5H,2-3H2,1H3,(H,11,12). The molecular weight excluding hydrogens is 172 g/mol. The summed E-state index contributed by atoms with van der Waals surface area (Å²) >= 11 is 0. The lowest BCUT2D eigenvalue weighted by Gasteiger charge is -1.99. The molecule has 0 aromatic carbocycles. The van der Waals surface area contributed by atoms with Crippen molar-refractivity contribution in [1.82, 2.24) is 9.97 Å². The number of aliphatic carboxylic acids is 1. The van der Waals surface area contributed by atoms with Gasteiger partial charge in [0.25, 0.3) is 0 Å². The van der Waals surface area contributed by atoms with Crippen LogP contribution in [-0.4, -0.2) is 28.2 Å². The molecule has 0 atom stereocenters. The van der Waals surface area contributed by atoms with E-state index in [0.717, 1.165) is 0 Å². The average molecular weight is 182 g/mol. The zero-order valence-corrected chi connectivity index (χ0v) is 7.23. The predicted octanol–water partition coefficient (Wildman–Crippen LogP) is 0.502. The Kier molecular flexibility index (Phi) is 3.19. The number of nitrogens with zero attached hydrogens (tertiary/aromatic N) is 2. The van der Waals surface area contributed by atoms with Crippen molar-refractivity contribution in [1.29, 1.82) is 0 Å². The Morgan fingerprint density at radius 2 is 2.31 bits per heavy atom. The third kappa shape index (κ3) is 3.06. The SMILES string of the molecule is COc1cnc(CCC(=O)O)cn1. The van der Waals surface area contributed by atoms with E-state index in [1.165, 1.54) is 19.5 Å². The van der Waals surface area contributed by atoms with Gasteiger partial charge in [-0.3, -0.25) is 9.78 Å². The quantitative estimate of drug-likeness (QED) is 0.734. The molecule has 0 radical (unpaired) electrons. The molecular formula is C8H10N2O3. The van der Waals surface area contributed by atoms with Crippen LogP contribution in [0, 0.1) is 0 Å². The molecule has 0 unspecified atom stereocenters. The second-order valence-electron chi connectivity index (χ2n) is 2.44. The van der Waals surface area contributed by atoms with Crippen LogP contribution in [0.25, 0.3) is 0 Å². The van der Waals surface area contributed by atoms with Gasteiger partial charge in [-0.2, -0.15) is 0 Å². The first kappa shape index (κ1) is 9.44. The van der Waals surface area contributed by atoms with Crippen LogP contribution in [0.3, 0.4) is 0 Å². The summed E-state index contributed by atoms with van der Waals surface area (Å²) in [5, 5.41) is 8.40. The van der Waals surface area contributed by atoms with E-state index in [9.17, 15) is 4.79 Å². The zero-order chi connectivity index (χ0) is 9.68. The highest BCUT2D eigenvalue weighted by atomic mass is 16.5. The number of methoxy groups -OCH3 is 1. The van der Waals surface area contributed by atoms with Gasteiger partial charge in [0.05, 0.1) is 31.6 Å². The Hall–Kier alpha value is -1.65. The largest absolute Gasteiger partial charge is 0.481 e. The normalized spacial score (nSPS) is 9.62.